The summed E-state index contributed by atoms with van der Waals surface area (Å²) in [6, 6.07) is 23.9. The molecule has 0 aliphatic rings. The lowest BCUT2D eigenvalue weighted by molar-refractivity contribution is -0.132. The van der Waals surface area contributed by atoms with Gasteiger partial charge in [-0.05, 0) is 22.8 Å². The number of carbonyl (C=O) groups is 1. The number of hydrogen-bond acceptors (Lipinski definition) is 3. The summed E-state index contributed by atoms with van der Waals surface area (Å²) in [6.45, 7) is 5.49. The number of esters is 1. The highest BCUT2D eigenvalue weighted by molar-refractivity contribution is 5.71. The van der Waals surface area contributed by atoms with E-state index in [-0.39, 0.29) is 23.3 Å². The van der Waals surface area contributed by atoms with Crippen LogP contribution in [0.25, 0.3) is 0 Å². The summed E-state index contributed by atoms with van der Waals surface area (Å²) < 4.78 is 5.31. The number of phenols is 1. The summed E-state index contributed by atoms with van der Waals surface area (Å²) >= 11 is 0. The average Bonchev–Trinajstić information content (AvgIpc) is 2.69. The highest BCUT2D eigenvalue weighted by Crippen LogP contribution is 2.41. The van der Waals surface area contributed by atoms with E-state index in [4.69, 9.17) is 4.74 Å². The van der Waals surface area contributed by atoms with Gasteiger partial charge in [-0.1, -0.05) is 80.6 Å². The molecule has 3 rings (SSSR count). The molecule has 0 saturated heterocycles. The van der Waals surface area contributed by atoms with E-state index in [1.165, 1.54) is 6.92 Å². The Balaban J connectivity index is 2.10. The second kappa shape index (κ2) is 8.09. The predicted molar refractivity (Wildman–Crippen MR) is 107 cm³/mol. The van der Waals surface area contributed by atoms with Crippen LogP contribution in [0.1, 0.15) is 54.9 Å². The number of benzene rings is 3. The molecule has 0 aliphatic heterocycles. The maximum atomic E-state index is 11.5. The molecule has 1 N–H and O–H groups in total. The van der Waals surface area contributed by atoms with E-state index in [1.807, 2.05) is 61.5 Å². The Morgan fingerprint density at radius 2 is 1.33 bits per heavy atom. The average molecular weight is 360 g/mol. The third-order valence-corrected chi connectivity index (χ3v) is 4.95. The highest BCUT2D eigenvalue weighted by Gasteiger charge is 2.21. The van der Waals surface area contributed by atoms with Gasteiger partial charge in [0.25, 0.3) is 0 Å². The summed E-state index contributed by atoms with van der Waals surface area (Å²) in [5.74, 6) is -0.162. The van der Waals surface area contributed by atoms with Crippen LogP contribution in [0.15, 0.2) is 72.8 Å². The van der Waals surface area contributed by atoms with Crippen LogP contribution in [0.2, 0.25) is 0 Å². The van der Waals surface area contributed by atoms with Gasteiger partial charge in [-0.15, -0.1) is 0 Å². The standard InChI is InChI=1S/C24H24O3/c1-16(19-10-6-4-7-11-19)21-14-22(17(2)20-12-8-5-9-13-20)24(26)23(15-21)27-18(3)25/h4-17,26H,1-3H3. The second-order valence-electron chi connectivity index (χ2n) is 6.82. The molecular formula is C24H24O3. The first-order valence-electron chi connectivity index (χ1n) is 9.12. The van der Waals surface area contributed by atoms with Crippen molar-refractivity contribution < 1.29 is 14.6 Å². The number of rotatable bonds is 5. The van der Waals surface area contributed by atoms with E-state index >= 15 is 0 Å². The van der Waals surface area contributed by atoms with Crippen molar-refractivity contribution in [2.45, 2.75) is 32.6 Å². The van der Waals surface area contributed by atoms with Gasteiger partial charge >= 0.3 is 5.97 Å². The largest absolute Gasteiger partial charge is 0.504 e. The van der Waals surface area contributed by atoms with Crippen molar-refractivity contribution in [2.24, 2.45) is 0 Å². The highest BCUT2D eigenvalue weighted by atomic mass is 16.5. The molecule has 2 atom stereocenters. The first kappa shape index (κ1) is 18.7. The summed E-state index contributed by atoms with van der Waals surface area (Å²) in [5, 5.41) is 10.8. The Bertz CT molecular complexity index is 917. The number of ether oxygens (including phenoxy) is 1. The molecule has 0 amide bonds. The first-order valence-corrected chi connectivity index (χ1v) is 9.12. The smallest absolute Gasteiger partial charge is 0.308 e. The van der Waals surface area contributed by atoms with Gasteiger partial charge in [0.1, 0.15) is 0 Å². The lowest BCUT2D eigenvalue weighted by Crippen LogP contribution is -2.06. The van der Waals surface area contributed by atoms with Crippen LogP contribution in [-0.2, 0) is 4.79 Å². The monoisotopic (exact) mass is 360 g/mol. The minimum absolute atomic E-state index is 0.0190. The molecule has 0 heterocycles. The van der Waals surface area contributed by atoms with Crippen molar-refractivity contribution in [3.05, 3.63) is 95.1 Å². The number of hydrogen-bond donors (Lipinski definition) is 1. The predicted octanol–water partition coefficient (Wildman–Crippen LogP) is 5.62. The molecule has 0 aromatic heterocycles. The van der Waals surface area contributed by atoms with E-state index < -0.39 is 5.97 Å². The van der Waals surface area contributed by atoms with E-state index in [0.29, 0.717) is 0 Å². The van der Waals surface area contributed by atoms with Crippen molar-refractivity contribution in [3.63, 3.8) is 0 Å². The number of carbonyl (C=O) groups excluding carboxylic acids is 1. The molecule has 0 radical (unpaired) electrons. The fourth-order valence-electron chi connectivity index (χ4n) is 3.32. The molecule has 0 saturated carbocycles. The number of phenolic OH excluding ortho intramolecular Hbond substituents is 1. The van der Waals surface area contributed by atoms with Gasteiger partial charge < -0.3 is 9.84 Å². The van der Waals surface area contributed by atoms with Crippen molar-refractivity contribution in [2.75, 3.05) is 0 Å². The summed E-state index contributed by atoms with van der Waals surface area (Å²) in [6.07, 6.45) is 0. The van der Waals surface area contributed by atoms with Crippen LogP contribution in [-0.4, -0.2) is 11.1 Å². The SMILES string of the molecule is CC(=O)Oc1cc(C(C)c2ccccc2)cc(C(C)c2ccccc2)c1O. The molecule has 0 fully saturated rings. The lowest BCUT2D eigenvalue weighted by Gasteiger charge is -2.20. The van der Waals surface area contributed by atoms with Crippen molar-refractivity contribution in [3.8, 4) is 11.5 Å². The van der Waals surface area contributed by atoms with E-state index in [9.17, 15) is 9.90 Å². The third kappa shape index (κ3) is 4.20. The fourth-order valence-corrected chi connectivity index (χ4v) is 3.32. The molecule has 2 unspecified atom stereocenters. The Labute approximate surface area is 160 Å². The van der Waals surface area contributed by atoms with E-state index in [1.54, 1.807) is 6.07 Å². The zero-order valence-corrected chi connectivity index (χ0v) is 15.8. The molecule has 0 aliphatic carbocycles. The fraction of sp³-hybridized carbons (Fsp3) is 0.208. The second-order valence-corrected chi connectivity index (χ2v) is 6.82. The normalized spacial score (nSPS) is 13.0. The van der Waals surface area contributed by atoms with Crippen LogP contribution in [0.4, 0.5) is 0 Å². The quantitative estimate of drug-likeness (QED) is 0.474. The Hall–Kier alpha value is -3.07. The maximum Gasteiger partial charge on any atom is 0.308 e. The Morgan fingerprint density at radius 3 is 1.85 bits per heavy atom. The zero-order valence-electron chi connectivity index (χ0n) is 15.8. The molecule has 3 aromatic rings. The number of aromatic hydroxyl groups is 1. The van der Waals surface area contributed by atoms with Crippen LogP contribution in [0.3, 0.4) is 0 Å². The van der Waals surface area contributed by atoms with Gasteiger partial charge in [0.15, 0.2) is 11.5 Å². The molecule has 0 spiro atoms. The molecule has 138 valence electrons. The molecule has 0 bridgehead atoms. The van der Waals surface area contributed by atoms with Crippen LogP contribution < -0.4 is 4.74 Å². The molecule has 3 aromatic carbocycles. The van der Waals surface area contributed by atoms with Gasteiger partial charge in [0.05, 0.1) is 0 Å². The molecule has 3 nitrogen and oxygen atoms in total. The third-order valence-electron chi connectivity index (χ3n) is 4.95. The lowest BCUT2D eigenvalue weighted by atomic mass is 9.86. The maximum absolute atomic E-state index is 11.5. The topological polar surface area (TPSA) is 46.5 Å². The Kier molecular flexibility index (Phi) is 5.60. The van der Waals surface area contributed by atoms with Gasteiger partial charge in [-0.2, -0.15) is 0 Å². The van der Waals surface area contributed by atoms with Gasteiger partial charge in [0.2, 0.25) is 0 Å². The molecule has 3 heteroatoms. The summed E-state index contributed by atoms with van der Waals surface area (Å²) in [4.78, 5) is 11.5. The minimum Gasteiger partial charge on any atom is -0.504 e. The summed E-state index contributed by atoms with van der Waals surface area (Å²) in [7, 11) is 0. The van der Waals surface area contributed by atoms with Crippen molar-refractivity contribution in [1.29, 1.82) is 0 Å². The zero-order chi connectivity index (χ0) is 19.4. The van der Waals surface area contributed by atoms with Gasteiger partial charge in [0, 0.05) is 24.3 Å². The summed E-state index contributed by atoms with van der Waals surface area (Å²) in [5.41, 5.74) is 3.99. The van der Waals surface area contributed by atoms with Crippen LogP contribution in [0.5, 0.6) is 11.5 Å². The first-order chi connectivity index (χ1) is 13.0. The molecule has 27 heavy (non-hydrogen) atoms. The van der Waals surface area contributed by atoms with E-state index in [0.717, 1.165) is 22.3 Å². The molecular weight excluding hydrogens is 336 g/mol. The van der Waals surface area contributed by atoms with Crippen molar-refractivity contribution >= 4 is 5.97 Å². The van der Waals surface area contributed by atoms with Crippen LogP contribution in [0, 0.1) is 0 Å². The van der Waals surface area contributed by atoms with E-state index in [2.05, 4.69) is 19.1 Å². The van der Waals surface area contributed by atoms with Crippen LogP contribution >= 0.6 is 0 Å². The van der Waals surface area contributed by atoms with Gasteiger partial charge in [-0.3, -0.25) is 4.79 Å². The van der Waals surface area contributed by atoms with Crippen molar-refractivity contribution in [1.82, 2.24) is 0 Å². The Morgan fingerprint density at radius 1 is 0.815 bits per heavy atom. The van der Waals surface area contributed by atoms with Gasteiger partial charge in [-0.25, -0.2) is 0 Å². The minimum atomic E-state index is -0.451.